The van der Waals surface area contributed by atoms with Gasteiger partial charge in [0, 0.05) is 12.5 Å². The van der Waals surface area contributed by atoms with Gasteiger partial charge in [0.15, 0.2) is 0 Å². The Bertz CT molecular complexity index is 618. The average molecular weight is 325 g/mol. The van der Waals surface area contributed by atoms with Gasteiger partial charge in [0.2, 0.25) is 11.8 Å². The molecule has 1 aliphatic heterocycles. The van der Waals surface area contributed by atoms with Gasteiger partial charge < -0.3 is 10.2 Å². The Morgan fingerprint density at radius 1 is 1.55 bits per heavy atom. The molecule has 2 amide bonds. The summed E-state index contributed by atoms with van der Waals surface area (Å²) < 4.78 is 13.8. The highest BCUT2D eigenvalue weighted by Crippen LogP contribution is 2.36. The lowest BCUT2D eigenvalue weighted by molar-refractivity contribution is -0.130. The molecule has 1 heterocycles. The van der Waals surface area contributed by atoms with E-state index in [1.165, 1.54) is 12.1 Å². The molecule has 118 valence electrons. The number of nitrogens with one attached hydrogen (secondary N) is 1. The number of likely N-dealkylation sites (tertiary alicyclic amines) is 1. The van der Waals surface area contributed by atoms with Crippen molar-refractivity contribution in [3.63, 3.8) is 0 Å². The summed E-state index contributed by atoms with van der Waals surface area (Å²) in [6.07, 6.45) is 1.33. The Kier molecular flexibility index (Phi) is 4.86. The third-order valence-electron chi connectivity index (χ3n) is 3.72. The lowest BCUT2D eigenvalue weighted by Crippen LogP contribution is -2.41. The van der Waals surface area contributed by atoms with Crippen LogP contribution in [0, 0.1) is 5.82 Å². The second-order valence-electron chi connectivity index (χ2n) is 5.54. The molecule has 4 nitrogen and oxygen atoms in total. The Balaban J connectivity index is 2.42. The van der Waals surface area contributed by atoms with Gasteiger partial charge in [0.05, 0.1) is 17.1 Å². The zero-order chi connectivity index (χ0) is 16.4. The summed E-state index contributed by atoms with van der Waals surface area (Å²) in [5.41, 5.74) is 0.607. The van der Waals surface area contributed by atoms with E-state index in [4.69, 9.17) is 11.6 Å². The number of carbonyl (C=O) groups excluding carboxylic acids is 2. The summed E-state index contributed by atoms with van der Waals surface area (Å²) in [5, 5.41) is 2.78. The molecule has 0 unspecified atom stereocenters. The van der Waals surface area contributed by atoms with Crippen LogP contribution in [0.5, 0.6) is 0 Å². The third kappa shape index (κ3) is 3.14. The first-order valence-corrected chi connectivity index (χ1v) is 7.42. The van der Waals surface area contributed by atoms with Crippen molar-refractivity contribution in [3.8, 4) is 0 Å². The van der Waals surface area contributed by atoms with Crippen LogP contribution in [0.2, 0.25) is 5.02 Å². The van der Waals surface area contributed by atoms with E-state index < -0.39 is 17.9 Å². The smallest absolute Gasteiger partial charge is 0.243 e. The zero-order valence-corrected chi connectivity index (χ0v) is 13.2. The predicted molar refractivity (Wildman–Crippen MR) is 82.9 cm³/mol. The molecule has 0 bridgehead atoms. The van der Waals surface area contributed by atoms with Crippen molar-refractivity contribution < 1.29 is 14.0 Å². The second kappa shape index (κ2) is 6.48. The van der Waals surface area contributed by atoms with Crippen molar-refractivity contribution in [2.45, 2.75) is 38.4 Å². The van der Waals surface area contributed by atoms with Crippen LogP contribution < -0.4 is 5.32 Å². The van der Waals surface area contributed by atoms with Crippen LogP contribution in [0.4, 0.5) is 4.39 Å². The fourth-order valence-corrected chi connectivity index (χ4v) is 2.94. The Morgan fingerprint density at radius 2 is 2.23 bits per heavy atom. The first-order chi connectivity index (χ1) is 10.3. The number of rotatable bonds is 4. The molecule has 0 aliphatic carbocycles. The quantitative estimate of drug-likeness (QED) is 0.866. The molecule has 0 spiro atoms. The Morgan fingerprint density at radius 3 is 2.77 bits per heavy atom. The molecule has 1 aromatic rings. The number of halogens is 2. The molecule has 6 heteroatoms. The number of amides is 2. The topological polar surface area (TPSA) is 49.4 Å². The van der Waals surface area contributed by atoms with Crippen molar-refractivity contribution in [1.29, 1.82) is 0 Å². The molecular weight excluding hydrogens is 307 g/mol. The number of hydrogen-bond acceptors (Lipinski definition) is 2. The molecule has 2 rings (SSSR count). The minimum absolute atomic E-state index is 0.0239. The van der Waals surface area contributed by atoms with Crippen LogP contribution in [-0.2, 0) is 9.59 Å². The van der Waals surface area contributed by atoms with Crippen molar-refractivity contribution >= 4 is 23.4 Å². The van der Waals surface area contributed by atoms with Gasteiger partial charge in [-0.3, -0.25) is 9.59 Å². The molecule has 2 atom stereocenters. The molecule has 1 aliphatic rings. The summed E-state index contributed by atoms with van der Waals surface area (Å²) in [6.45, 7) is 7.18. The highest BCUT2D eigenvalue weighted by atomic mass is 35.5. The molecule has 0 saturated carbocycles. The van der Waals surface area contributed by atoms with Gasteiger partial charge in [-0.2, -0.15) is 0 Å². The lowest BCUT2D eigenvalue weighted by atomic mass is 9.99. The summed E-state index contributed by atoms with van der Waals surface area (Å²) in [7, 11) is 0. The Hall–Kier alpha value is -1.88. The second-order valence-corrected chi connectivity index (χ2v) is 5.94. The first kappa shape index (κ1) is 16.5. The summed E-state index contributed by atoms with van der Waals surface area (Å²) >= 11 is 5.72. The number of hydrogen-bond donors (Lipinski definition) is 1. The molecule has 0 aromatic heterocycles. The average Bonchev–Trinajstić information content (AvgIpc) is 2.78. The molecule has 1 saturated heterocycles. The minimum Gasteiger partial charge on any atom is -0.347 e. The minimum atomic E-state index is -0.545. The zero-order valence-electron chi connectivity index (χ0n) is 12.5. The number of carbonyl (C=O) groups is 2. The number of nitrogens with zero attached hydrogens (tertiary/aromatic N) is 1. The van der Waals surface area contributed by atoms with E-state index in [2.05, 4.69) is 11.9 Å². The van der Waals surface area contributed by atoms with Crippen LogP contribution in [0.3, 0.4) is 0 Å². The normalized spacial score (nSPS) is 21.3. The lowest BCUT2D eigenvalue weighted by Gasteiger charge is -2.32. The highest BCUT2D eigenvalue weighted by molar-refractivity contribution is 6.30. The standard InChI is InChI=1S/C16H18ClFN2O2/c1-4-14(21)19-13-8-15(22)20(9(2)3)16(13)10-5-6-11(17)12(18)7-10/h4-7,9,13,16H,1,8H2,2-3H3,(H,19,21)/t13-,16+/m0/s1. The predicted octanol–water partition coefficient (Wildman–Crippen LogP) is 2.83. The van der Waals surface area contributed by atoms with Crippen molar-refractivity contribution in [3.05, 3.63) is 47.3 Å². The van der Waals surface area contributed by atoms with E-state index in [1.807, 2.05) is 13.8 Å². The molecule has 1 fully saturated rings. The maximum Gasteiger partial charge on any atom is 0.243 e. The van der Waals surface area contributed by atoms with Crippen molar-refractivity contribution in [1.82, 2.24) is 10.2 Å². The van der Waals surface area contributed by atoms with Crippen LogP contribution in [0.25, 0.3) is 0 Å². The van der Waals surface area contributed by atoms with Gasteiger partial charge in [0.1, 0.15) is 5.82 Å². The van der Waals surface area contributed by atoms with Crippen LogP contribution in [-0.4, -0.2) is 28.8 Å². The van der Waals surface area contributed by atoms with E-state index in [0.717, 1.165) is 6.08 Å². The fraction of sp³-hybridized carbons (Fsp3) is 0.375. The van der Waals surface area contributed by atoms with E-state index in [0.29, 0.717) is 5.56 Å². The largest absolute Gasteiger partial charge is 0.347 e. The molecule has 0 radical (unpaired) electrons. The van der Waals surface area contributed by atoms with Crippen molar-refractivity contribution in [2.75, 3.05) is 0 Å². The van der Waals surface area contributed by atoms with Gasteiger partial charge in [-0.05, 0) is 37.6 Å². The summed E-state index contributed by atoms with van der Waals surface area (Å²) in [5.74, 6) is -0.983. The number of benzene rings is 1. The van der Waals surface area contributed by atoms with Gasteiger partial charge in [-0.15, -0.1) is 0 Å². The molecule has 1 N–H and O–H groups in total. The van der Waals surface area contributed by atoms with E-state index >= 15 is 0 Å². The monoisotopic (exact) mass is 324 g/mol. The van der Waals surface area contributed by atoms with Crippen LogP contribution in [0.1, 0.15) is 31.9 Å². The molecular formula is C16H18ClFN2O2. The maximum absolute atomic E-state index is 13.8. The SMILES string of the molecule is C=CC(=O)N[C@H]1CC(=O)N(C(C)C)[C@@H]1c1ccc(Cl)c(F)c1. The van der Waals surface area contributed by atoms with Crippen LogP contribution in [0.15, 0.2) is 30.9 Å². The van der Waals surface area contributed by atoms with Crippen LogP contribution >= 0.6 is 11.6 Å². The van der Waals surface area contributed by atoms with Gasteiger partial charge >= 0.3 is 0 Å². The third-order valence-corrected chi connectivity index (χ3v) is 4.02. The Labute approximate surface area is 133 Å². The summed E-state index contributed by atoms with van der Waals surface area (Å²) in [4.78, 5) is 25.5. The fourth-order valence-electron chi connectivity index (χ4n) is 2.82. The van der Waals surface area contributed by atoms with Gasteiger partial charge in [-0.1, -0.05) is 24.2 Å². The molecule has 22 heavy (non-hydrogen) atoms. The maximum atomic E-state index is 13.8. The highest BCUT2D eigenvalue weighted by Gasteiger charge is 2.42. The first-order valence-electron chi connectivity index (χ1n) is 7.04. The van der Waals surface area contributed by atoms with Gasteiger partial charge in [0.25, 0.3) is 0 Å². The molecule has 1 aromatic carbocycles. The van der Waals surface area contributed by atoms with E-state index in [1.54, 1.807) is 11.0 Å². The van der Waals surface area contributed by atoms with E-state index in [9.17, 15) is 14.0 Å². The van der Waals surface area contributed by atoms with Gasteiger partial charge in [-0.25, -0.2) is 4.39 Å². The summed E-state index contributed by atoms with van der Waals surface area (Å²) in [6, 6.07) is 3.52. The van der Waals surface area contributed by atoms with E-state index in [-0.39, 0.29) is 29.3 Å². The van der Waals surface area contributed by atoms with Crippen molar-refractivity contribution in [2.24, 2.45) is 0 Å².